The molecule has 0 radical (unpaired) electrons. The summed E-state index contributed by atoms with van der Waals surface area (Å²) < 4.78 is 5.27. The molecule has 1 fully saturated rings. The second-order valence-electron chi connectivity index (χ2n) is 7.02. The molecule has 1 aliphatic carbocycles. The molecule has 2 aliphatic rings. The quantitative estimate of drug-likeness (QED) is 0.799. The normalized spacial score (nSPS) is 20.7. The van der Waals surface area contributed by atoms with E-state index in [1.165, 1.54) is 0 Å². The van der Waals surface area contributed by atoms with E-state index in [9.17, 15) is 14.4 Å². The topological polar surface area (TPSA) is 87.7 Å². The molecule has 0 unspecified atom stereocenters. The number of hydrogen-bond donors (Lipinski definition) is 2. The number of urea groups is 1. The Bertz CT molecular complexity index is 944. The average molecular weight is 379 g/mol. The first-order valence-electron chi connectivity index (χ1n) is 9.20. The molecular formula is C21H21N3O4. The Morgan fingerprint density at radius 3 is 2.75 bits per heavy atom. The molecule has 28 heavy (non-hydrogen) atoms. The van der Waals surface area contributed by atoms with Gasteiger partial charge in [-0.2, -0.15) is 0 Å². The van der Waals surface area contributed by atoms with E-state index in [1.54, 1.807) is 37.4 Å². The maximum absolute atomic E-state index is 13.2. The third kappa shape index (κ3) is 2.98. The summed E-state index contributed by atoms with van der Waals surface area (Å²) in [6.45, 7) is -0.327. The minimum Gasteiger partial charge on any atom is -0.497 e. The van der Waals surface area contributed by atoms with Crippen LogP contribution in [0.4, 0.5) is 10.5 Å². The molecule has 1 spiro atoms. The van der Waals surface area contributed by atoms with Crippen molar-refractivity contribution >= 4 is 23.5 Å². The van der Waals surface area contributed by atoms with Crippen LogP contribution in [0.2, 0.25) is 0 Å². The van der Waals surface area contributed by atoms with E-state index in [0.717, 1.165) is 28.9 Å². The summed E-state index contributed by atoms with van der Waals surface area (Å²) in [5, 5.41) is 5.55. The molecule has 144 valence electrons. The van der Waals surface area contributed by atoms with E-state index in [0.29, 0.717) is 17.9 Å². The number of ether oxygens (including phenoxy) is 1. The van der Waals surface area contributed by atoms with E-state index in [1.807, 2.05) is 18.2 Å². The second-order valence-corrected chi connectivity index (χ2v) is 7.02. The van der Waals surface area contributed by atoms with Crippen LogP contribution in [0.3, 0.4) is 0 Å². The van der Waals surface area contributed by atoms with Gasteiger partial charge in [-0.1, -0.05) is 24.3 Å². The van der Waals surface area contributed by atoms with E-state index in [2.05, 4.69) is 10.6 Å². The van der Waals surface area contributed by atoms with Crippen molar-refractivity contribution in [2.24, 2.45) is 0 Å². The fourth-order valence-corrected chi connectivity index (χ4v) is 3.99. The third-order valence-corrected chi connectivity index (χ3v) is 5.31. The van der Waals surface area contributed by atoms with Gasteiger partial charge in [0.25, 0.3) is 5.91 Å². The van der Waals surface area contributed by atoms with Crippen molar-refractivity contribution in [2.45, 2.75) is 24.8 Å². The van der Waals surface area contributed by atoms with Crippen LogP contribution in [-0.2, 0) is 21.5 Å². The van der Waals surface area contributed by atoms with Crippen molar-refractivity contribution in [2.75, 3.05) is 19.0 Å². The molecular weight excluding hydrogens is 358 g/mol. The van der Waals surface area contributed by atoms with Crippen LogP contribution in [-0.4, -0.2) is 36.4 Å². The van der Waals surface area contributed by atoms with Gasteiger partial charge in [0.05, 0.1) is 7.11 Å². The number of para-hydroxylation sites is 1. The number of amides is 4. The lowest BCUT2D eigenvalue weighted by molar-refractivity contribution is -0.134. The molecule has 2 aromatic carbocycles. The fourth-order valence-electron chi connectivity index (χ4n) is 3.99. The summed E-state index contributed by atoms with van der Waals surface area (Å²) in [5.74, 6) is -0.0870. The summed E-state index contributed by atoms with van der Waals surface area (Å²) in [6.07, 6.45) is 2.08. The Morgan fingerprint density at radius 2 is 2.00 bits per heavy atom. The number of nitrogens with one attached hydrogen (secondary N) is 2. The Hall–Kier alpha value is -3.35. The minimum atomic E-state index is -1.11. The molecule has 2 N–H and O–H groups in total. The van der Waals surface area contributed by atoms with Gasteiger partial charge < -0.3 is 15.4 Å². The number of aryl methyl sites for hydroxylation is 1. The van der Waals surface area contributed by atoms with E-state index in [4.69, 9.17) is 4.74 Å². The minimum absolute atomic E-state index is 0.327. The first-order chi connectivity index (χ1) is 13.5. The van der Waals surface area contributed by atoms with E-state index in [-0.39, 0.29) is 12.5 Å². The fraction of sp³-hybridized carbons (Fsp3) is 0.286. The molecule has 7 nitrogen and oxygen atoms in total. The van der Waals surface area contributed by atoms with Crippen molar-refractivity contribution in [3.05, 3.63) is 59.7 Å². The molecule has 1 saturated heterocycles. The van der Waals surface area contributed by atoms with Gasteiger partial charge in [0.15, 0.2) is 0 Å². The highest BCUT2D eigenvalue weighted by molar-refractivity contribution is 6.10. The Labute approximate surface area is 162 Å². The van der Waals surface area contributed by atoms with Crippen molar-refractivity contribution < 1.29 is 19.1 Å². The molecule has 1 aliphatic heterocycles. The molecule has 0 saturated carbocycles. The highest BCUT2D eigenvalue weighted by atomic mass is 16.5. The van der Waals surface area contributed by atoms with Crippen molar-refractivity contribution in [3.8, 4) is 5.75 Å². The molecule has 0 aromatic heterocycles. The van der Waals surface area contributed by atoms with Gasteiger partial charge in [-0.15, -0.1) is 0 Å². The summed E-state index contributed by atoms with van der Waals surface area (Å²) >= 11 is 0. The predicted octanol–water partition coefficient (Wildman–Crippen LogP) is 2.42. The monoisotopic (exact) mass is 379 g/mol. The van der Waals surface area contributed by atoms with Gasteiger partial charge in [0, 0.05) is 5.69 Å². The van der Waals surface area contributed by atoms with Crippen molar-refractivity contribution in [1.29, 1.82) is 0 Å². The maximum Gasteiger partial charge on any atom is 0.325 e. The van der Waals surface area contributed by atoms with Crippen LogP contribution in [0, 0.1) is 0 Å². The number of anilines is 1. The standard InChI is InChI=1S/C21H21N3O4/c1-28-16-9-10-17-14(12-16)6-5-11-21(17)19(26)24(20(27)23-21)13-18(25)22-15-7-3-2-4-8-15/h2-4,7-10,12H,5-6,11,13H2,1H3,(H,22,25)(H,23,27)/t21-/m1/s1. The number of carbonyl (C=O) groups is 3. The number of imide groups is 1. The molecule has 0 bridgehead atoms. The lowest BCUT2D eigenvalue weighted by Gasteiger charge is -2.33. The van der Waals surface area contributed by atoms with Crippen LogP contribution in [0.25, 0.3) is 0 Å². The number of methoxy groups -OCH3 is 1. The number of nitrogens with zero attached hydrogens (tertiary/aromatic N) is 1. The lowest BCUT2D eigenvalue weighted by atomic mass is 9.76. The van der Waals surface area contributed by atoms with Gasteiger partial charge in [-0.25, -0.2) is 4.79 Å². The largest absolute Gasteiger partial charge is 0.497 e. The number of benzene rings is 2. The zero-order chi connectivity index (χ0) is 19.7. The summed E-state index contributed by atoms with van der Waals surface area (Å²) in [7, 11) is 1.59. The van der Waals surface area contributed by atoms with E-state index >= 15 is 0 Å². The van der Waals surface area contributed by atoms with Crippen LogP contribution >= 0.6 is 0 Å². The van der Waals surface area contributed by atoms with Crippen molar-refractivity contribution in [3.63, 3.8) is 0 Å². The second kappa shape index (κ2) is 6.99. The highest BCUT2D eigenvalue weighted by Gasteiger charge is 2.54. The van der Waals surface area contributed by atoms with E-state index < -0.39 is 17.5 Å². The first kappa shape index (κ1) is 18.0. The Morgan fingerprint density at radius 1 is 1.21 bits per heavy atom. The third-order valence-electron chi connectivity index (χ3n) is 5.31. The van der Waals surface area contributed by atoms with Gasteiger partial charge in [0.2, 0.25) is 5.91 Å². The van der Waals surface area contributed by atoms with Gasteiger partial charge in [0.1, 0.15) is 17.8 Å². The predicted molar refractivity (Wildman–Crippen MR) is 103 cm³/mol. The number of carbonyl (C=O) groups excluding carboxylic acids is 3. The van der Waals surface area contributed by atoms with Gasteiger partial charge in [-0.05, 0) is 54.7 Å². The van der Waals surface area contributed by atoms with Gasteiger partial charge >= 0.3 is 6.03 Å². The molecule has 2 aromatic rings. The molecule has 1 atom stereocenters. The van der Waals surface area contributed by atoms with Gasteiger partial charge in [-0.3, -0.25) is 14.5 Å². The zero-order valence-corrected chi connectivity index (χ0v) is 15.5. The number of hydrogen-bond acceptors (Lipinski definition) is 4. The number of fused-ring (bicyclic) bond motifs is 2. The maximum atomic E-state index is 13.2. The average Bonchev–Trinajstić information content (AvgIpc) is 2.93. The van der Waals surface area contributed by atoms with Crippen LogP contribution < -0.4 is 15.4 Å². The van der Waals surface area contributed by atoms with Crippen LogP contribution in [0.5, 0.6) is 5.75 Å². The SMILES string of the molecule is COc1ccc2c(c1)CCC[C@@]21NC(=O)N(CC(=O)Nc2ccccc2)C1=O. The molecule has 7 heteroatoms. The number of rotatable bonds is 4. The Kier molecular flexibility index (Phi) is 4.50. The zero-order valence-electron chi connectivity index (χ0n) is 15.5. The van der Waals surface area contributed by atoms with Crippen LogP contribution in [0.1, 0.15) is 24.0 Å². The highest BCUT2D eigenvalue weighted by Crippen LogP contribution is 2.41. The smallest absolute Gasteiger partial charge is 0.325 e. The summed E-state index contributed by atoms with van der Waals surface area (Å²) in [6, 6.07) is 13.9. The molecule has 1 heterocycles. The Balaban J connectivity index is 1.57. The summed E-state index contributed by atoms with van der Waals surface area (Å²) in [4.78, 5) is 39.2. The molecule has 4 rings (SSSR count). The molecule has 4 amide bonds. The van der Waals surface area contributed by atoms with Crippen molar-refractivity contribution in [1.82, 2.24) is 10.2 Å². The summed E-state index contributed by atoms with van der Waals surface area (Å²) in [5.41, 5.74) is 1.27. The lowest BCUT2D eigenvalue weighted by Crippen LogP contribution is -2.47. The van der Waals surface area contributed by atoms with Crippen LogP contribution in [0.15, 0.2) is 48.5 Å². The first-order valence-corrected chi connectivity index (χ1v) is 9.20.